The van der Waals surface area contributed by atoms with Crippen molar-refractivity contribution in [3.63, 3.8) is 0 Å². The molecule has 0 bridgehead atoms. The molecular formula is C12H15N3O2S. The Labute approximate surface area is 110 Å². The summed E-state index contributed by atoms with van der Waals surface area (Å²) in [5.74, 6) is 0.258. The average Bonchev–Trinajstić information content (AvgIpc) is 2.37. The lowest BCUT2D eigenvalue weighted by Gasteiger charge is -2.20. The van der Waals surface area contributed by atoms with E-state index in [0.717, 1.165) is 16.1 Å². The first-order chi connectivity index (χ1) is 8.60. The van der Waals surface area contributed by atoms with Gasteiger partial charge in [-0.15, -0.1) is 11.8 Å². The summed E-state index contributed by atoms with van der Waals surface area (Å²) in [5.41, 5.74) is 7.01. The van der Waals surface area contributed by atoms with Crippen LogP contribution in [0.1, 0.15) is 18.5 Å². The lowest BCUT2D eigenvalue weighted by atomic mass is 10.1. The molecular weight excluding hydrogens is 250 g/mol. The summed E-state index contributed by atoms with van der Waals surface area (Å²) in [6.45, 7) is 1.86. The minimum Gasteiger partial charge on any atom is -0.348 e. The zero-order valence-electron chi connectivity index (χ0n) is 10.0. The molecule has 2 rings (SSSR count). The molecule has 0 aliphatic carbocycles. The fraction of sp³-hybridized carbons (Fsp3) is 0.333. The van der Waals surface area contributed by atoms with Gasteiger partial charge in [-0.3, -0.25) is 9.59 Å². The number of hydrogen-bond donors (Lipinski definition) is 3. The number of hydrogen-bond acceptors (Lipinski definition) is 4. The van der Waals surface area contributed by atoms with Gasteiger partial charge in [-0.2, -0.15) is 0 Å². The molecule has 1 heterocycles. The molecule has 0 aromatic heterocycles. The van der Waals surface area contributed by atoms with Crippen LogP contribution in [0.15, 0.2) is 23.1 Å². The van der Waals surface area contributed by atoms with E-state index in [9.17, 15) is 9.59 Å². The maximum Gasteiger partial charge on any atom is 0.234 e. The summed E-state index contributed by atoms with van der Waals surface area (Å²) < 4.78 is 0. The number of carbonyl (C=O) groups is 2. The van der Waals surface area contributed by atoms with Crippen LogP contribution in [-0.4, -0.2) is 24.1 Å². The Balaban J connectivity index is 2.17. The number of fused-ring (bicyclic) bond motifs is 1. The highest BCUT2D eigenvalue weighted by atomic mass is 32.2. The van der Waals surface area contributed by atoms with E-state index in [1.54, 1.807) is 0 Å². The Morgan fingerprint density at radius 1 is 1.61 bits per heavy atom. The monoisotopic (exact) mass is 265 g/mol. The van der Waals surface area contributed by atoms with Crippen molar-refractivity contribution in [2.24, 2.45) is 5.73 Å². The number of nitrogens with one attached hydrogen (secondary N) is 2. The molecule has 1 aromatic rings. The van der Waals surface area contributed by atoms with E-state index in [2.05, 4.69) is 10.6 Å². The number of anilines is 1. The predicted molar refractivity (Wildman–Crippen MR) is 71.4 cm³/mol. The Kier molecular flexibility index (Phi) is 3.88. The third kappa shape index (κ3) is 2.83. The number of nitrogens with two attached hydrogens (primary N) is 1. The minimum atomic E-state index is -0.196. The van der Waals surface area contributed by atoms with Crippen LogP contribution in [0.25, 0.3) is 0 Å². The van der Waals surface area contributed by atoms with Gasteiger partial charge >= 0.3 is 0 Å². The molecule has 6 heteroatoms. The standard InChI is InChI=1S/C12H15N3O2S/c1-7(14-11(16)5-13)8-2-3-10-9(4-8)15-12(17)6-18-10/h2-4,7H,5-6,13H2,1H3,(H,14,16)(H,15,17). The molecule has 1 aromatic carbocycles. The Hall–Kier alpha value is -1.53. The van der Waals surface area contributed by atoms with E-state index in [1.807, 2.05) is 25.1 Å². The molecule has 1 aliphatic rings. The van der Waals surface area contributed by atoms with Crippen molar-refractivity contribution in [1.82, 2.24) is 5.32 Å². The van der Waals surface area contributed by atoms with Crippen LogP contribution in [-0.2, 0) is 9.59 Å². The van der Waals surface area contributed by atoms with Crippen molar-refractivity contribution in [3.05, 3.63) is 23.8 Å². The summed E-state index contributed by atoms with van der Waals surface area (Å²) >= 11 is 1.52. The number of rotatable bonds is 3. The number of amides is 2. The van der Waals surface area contributed by atoms with Gasteiger partial charge in [0.15, 0.2) is 0 Å². The lowest BCUT2D eigenvalue weighted by Crippen LogP contribution is -2.32. The summed E-state index contributed by atoms with van der Waals surface area (Å²) in [6.07, 6.45) is 0. The van der Waals surface area contributed by atoms with Crippen LogP contribution >= 0.6 is 11.8 Å². The first-order valence-corrected chi connectivity index (χ1v) is 6.64. The van der Waals surface area contributed by atoms with Crippen molar-refractivity contribution in [3.8, 4) is 0 Å². The predicted octanol–water partition coefficient (Wildman–Crippen LogP) is 0.867. The third-order valence-electron chi connectivity index (χ3n) is 2.70. The molecule has 5 nitrogen and oxygen atoms in total. The SMILES string of the molecule is CC(NC(=O)CN)c1ccc2c(c1)NC(=O)CS2. The van der Waals surface area contributed by atoms with Crippen LogP contribution < -0.4 is 16.4 Å². The second-order valence-electron chi connectivity index (χ2n) is 4.09. The van der Waals surface area contributed by atoms with Crippen LogP contribution in [0.2, 0.25) is 0 Å². The van der Waals surface area contributed by atoms with Crippen LogP contribution in [0, 0.1) is 0 Å². The summed E-state index contributed by atoms with van der Waals surface area (Å²) in [7, 11) is 0. The normalized spacial score (nSPS) is 15.6. The van der Waals surface area contributed by atoms with E-state index in [4.69, 9.17) is 5.73 Å². The zero-order valence-corrected chi connectivity index (χ0v) is 10.8. The fourth-order valence-corrected chi connectivity index (χ4v) is 2.54. The number of benzene rings is 1. The molecule has 96 valence electrons. The first kappa shape index (κ1) is 12.9. The van der Waals surface area contributed by atoms with Crippen LogP contribution in [0.5, 0.6) is 0 Å². The number of thioether (sulfide) groups is 1. The maximum atomic E-state index is 11.3. The van der Waals surface area contributed by atoms with Crippen molar-refractivity contribution >= 4 is 29.3 Å². The second-order valence-corrected chi connectivity index (χ2v) is 5.10. The highest BCUT2D eigenvalue weighted by Gasteiger charge is 2.17. The molecule has 0 fully saturated rings. The Morgan fingerprint density at radius 2 is 2.39 bits per heavy atom. The second kappa shape index (κ2) is 5.41. The average molecular weight is 265 g/mol. The zero-order chi connectivity index (χ0) is 13.1. The van der Waals surface area contributed by atoms with Gasteiger partial charge in [0.25, 0.3) is 0 Å². The third-order valence-corrected chi connectivity index (χ3v) is 3.77. The Morgan fingerprint density at radius 3 is 3.11 bits per heavy atom. The molecule has 4 N–H and O–H groups in total. The van der Waals surface area contributed by atoms with E-state index in [-0.39, 0.29) is 24.4 Å². The van der Waals surface area contributed by atoms with Crippen LogP contribution in [0.3, 0.4) is 0 Å². The fourth-order valence-electron chi connectivity index (χ4n) is 1.75. The maximum absolute atomic E-state index is 11.3. The highest BCUT2D eigenvalue weighted by molar-refractivity contribution is 8.00. The molecule has 1 unspecified atom stereocenters. The smallest absolute Gasteiger partial charge is 0.234 e. The van der Waals surface area contributed by atoms with Crippen molar-refractivity contribution < 1.29 is 9.59 Å². The van der Waals surface area contributed by atoms with E-state index in [0.29, 0.717) is 5.75 Å². The van der Waals surface area contributed by atoms with Crippen molar-refractivity contribution in [2.75, 3.05) is 17.6 Å². The number of carbonyl (C=O) groups excluding carboxylic acids is 2. The molecule has 0 radical (unpaired) electrons. The van der Waals surface area contributed by atoms with Gasteiger partial charge in [0.05, 0.1) is 24.0 Å². The molecule has 1 aliphatic heterocycles. The van der Waals surface area contributed by atoms with Gasteiger partial charge in [-0.05, 0) is 24.6 Å². The molecule has 1 atom stereocenters. The van der Waals surface area contributed by atoms with E-state index in [1.165, 1.54) is 11.8 Å². The molecule has 2 amide bonds. The largest absolute Gasteiger partial charge is 0.348 e. The topological polar surface area (TPSA) is 84.2 Å². The molecule has 18 heavy (non-hydrogen) atoms. The van der Waals surface area contributed by atoms with Crippen molar-refractivity contribution in [2.45, 2.75) is 17.9 Å². The van der Waals surface area contributed by atoms with E-state index >= 15 is 0 Å². The van der Waals surface area contributed by atoms with Gasteiger partial charge < -0.3 is 16.4 Å². The summed E-state index contributed by atoms with van der Waals surface area (Å²) in [4.78, 5) is 23.6. The van der Waals surface area contributed by atoms with E-state index < -0.39 is 0 Å². The minimum absolute atomic E-state index is 0.00305. The van der Waals surface area contributed by atoms with Crippen LogP contribution in [0.4, 0.5) is 5.69 Å². The van der Waals surface area contributed by atoms with Gasteiger partial charge in [-0.25, -0.2) is 0 Å². The van der Waals surface area contributed by atoms with Gasteiger partial charge in [-0.1, -0.05) is 6.07 Å². The lowest BCUT2D eigenvalue weighted by molar-refractivity contribution is -0.120. The van der Waals surface area contributed by atoms with Gasteiger partial charge in [0.2, 0.25) is 11.8 Å². The molecule has 0 saturated heterocycles. The summed E-state index contributed by atoms with van der Waals surface area (Å²) in [5, 5.41) is 5.61. The Bertz CT molecular complexity index is 490. The quantitative estimate of drug-likeness (QED) is 0.757. The van der Waals surface area contributed by atoms with Gasteiger partial charge in [0, 0.05) is 4.90 Å². The highest BCUT2D eigenvalue weighted by Crippen LogP contribution is 2.33. The molecule has 0 saturated carbocycles. The first-order valence-electron chi connectivity index (χ1n) is 5.66. The van der Waals surface area contributed by atoms with Crippen molar-refractivity contribution in [1.29, 1.82) is 0 Å². The van der Waals surface area contributed by atoms with Gasteiger partial charge in [0.1, 0.15) is 0 Å². The molecule has 0 spiro atoms. The summed E-state index contributed by atoms with van der Waals surface area (Å²) in [6, 6.07) is 5.67.